The molecule has 1 fully saturated rings. The third-order valence-electron chi connectivity index (χ3n) is 5.04. The topological polar surface area (TPSA) is 45.7 Å². The smallest absolute Gasteiger partial charge is 0.239 e. The Kier molecular flexibility index (Phi) is 9.98. The summed E-state index contributed by atoms with van der Waals surface area (Å²) in [6, 6.07) is 13.8. The Bertz CT molecular complexity index is 1030. The van der Waals surface area contributed by atoms with E-state index in [-0.39, 0.29) is 18.3 Å². The Hall–Kier alpha value is -1.000. The lowest BCUT2D eigenvalue weighted by atomic mass is 10.3. The van der Waals surface area contributed by atoms with Crippen LogP contribution in [-0.4, -0.2) is 67.2 Å². The molecule has 1 aliphatic rings. The van der Waals surface area contributed by atoms with Gasteiger partial charge in [-0.15, -0.1) is 35.9 Å². The van der Waals surface area contributed by atoms with E-state index in [0.29, 0.717) is 17.3 Å². The molecule has 0 saturated carbocycles. The van der Waals surface area contributed by atoms with E-state index in [4.69, 9.17) is 21.3 Å². The summed E-state index contributed by atoms with van der Waals surface area (Å²) in [7, 11) is 0. The van der Waals surface area contributed by atoms with Crippen LogP contribution in [0.5, 0.6) is 0 Å². The minimum Gasteiger partial charge on any atom is -0.379 e. The monoisotopic (exact) mass is 529 g/mol. The predicted octanol–water partition coefficient (Wildman–Crippen LogP) is 5.55. The number of nitrogens with zero attached hydrogens (tertiary/aromatic N) is 3. The fourth-order valence-electron chi connectivity index (χ4n) is 3.28. The average molecular weight is 531 g/mol. The van der Waals surface area contributed by atoms with E-state index in [1.165, 1.54) is 16.7 Å². The zero-order chi connectivity index (χ0) is 21.6. The number of halogens is 2. The van der Waals surface area contributed by atoms with Crippen molar-refractivity contribution in [2.75, 3.05) is 56.3 Å². The van der Waals surface area contributed by atoms with Crippen LogP contribution in [0.3, 0.4) is 0 Å². The maximum atomic E-state index is 13.3. The zero-order valence-corrected chi connectivity index (χ0v) is 21.7. The van der Waals surface area contributed by atoms with E-state index < -0.39 is 0 Å². The van der Waals surface area contributed by atoms with Crippen LogP contribution in [0, 0.1) is 0 Å². The second-order valence-corrected chi connectivity index (χ2v) is 10.4. The van der Waals surface area contributed by atoms with Crippen molar-refractivity contribution in [1.82, 2.24) is 9.88 Å². The van der Waals surface area contributed by atoms with Crippen molar-refractivity contribution in [1.29, 1.82) is 0 Å². The van der Waals surface area contributed by atoms with Gasteiger partial charge in [-0.25, -0.2) is 4.98 Å². The van der Waals surface area contributed by atoms with Crippen molar-refractivity contribution in [3.63, 3.8) is 0 Å². The van der Waals surface area contributed by atoms with E-state index in [1.54, 1.807) is 23.1 Å². The highest BCUT2D eigenvalue weighted by Gasteiger charge is 2.22. The summed E-state index contributed by atoms with van der Waals surface area (Å²) in [6.45, 7) is 4.73. The van der Waals surface area contributed by atoms with Gasteiger partial charge >= 0.3 is 0 Å². The van der Waals surface area contributed by atoms with Crippen LogP contribution in [0.4, 0.5) is 5.13 Å². The summed E-state index contributed by atoms with van der Waals surface area (Å²) in [4.78, 5) is 24.5. The minimum atomic E-state index is 0. The molecular weight excluding hydrogens is 505 g/mol. The van der Waals surface area contributed by atoms with Crippen LogP contribution in [0.1, 0.15) is 0 Å². The summed E-state index contributed by atoms with van der Waals surface area (Å²) in [5.41, 5.74) is 0.937. The highest BCUT2D eigenvalue weighted by atomic mass is 35.5. The SMILES string of the molecule is CSc1ccc2nc(N(CCN3CCOCC3)C(=O)CSc3ccc(Cl)cc3)sc2c1.Cl. The molecule has 32 heavy (non-hydrogen) atoms. The fraction of sp³-hybridized carbons (Fsp3) is 0.364. The largest absolute Gasteiger partial charge is 0.379 e. The number of carbonyl (C=O) groups is 1. The Morgan fingerprint density at radius 3 is 2.62 bits per heavy atom. The van der Waals surface area contributed by atoms with Gasteiger partial charge in [-0.3, -0.25) is 14.6 Å². The first kappa shape index (κ1) is 25.6. The van der Waals surface area contributed by atoms with Gasteiger partial charge in [-0.1, -0.05) is 22.9 Å². The summed E-state index contributed by atoms with van der Waals surface area (Å²) in [5, 5.41) is 1.46. The molecule has 5 nitrogen and oxygen atoms in total. The first-order chi connectivity index (χ1) is 15.1. The molecule has 0 spiro atoms. The Labute approximate surface area is 212 Å². The summed E-state index contributed by atoms with van der Waals surface area (Å²) in [6.07, 6.45) is 2.06. The van der Waals surface area contributed by atoms with E-state index >= 15 is 0 Å². The molecule has 4 rings (SSSR count). The molecule has 1 aromatic heterocycles. The molecule has 0 atom stereocenters. The first-order valence-corrected chi connectivity index (χ1v) is 13.5. The number of thiazole rings is 1. The predicted molar refractivity (Wildman–Crippen MR) is 140 cm³/mol. The number of aromatic nitrogens is 1. The van der Waals surface area contributed by atoms with Crippen LogP contribution >= 0.6 is 58.9 Å². The molecular formula is C22H25Cl2N3O2S3. The molecule has 1 aliphatic heterocycles. The molecule has 0 N–H and O–H groups in total. The van der Waals surface area contributed by atoms with Crippen LogP contribution < -0.4 is 4.90 Å². The van der Waals surface area contributed by atoms with Gasteiger partial charge in [0.1, 0.15) is 0 Å². The Morgan fingerprint density at radius 1 is 1.19 bits per heavy atom. The molecule has 1 amide bonds. The van der Waals surface area contributed by atoms with E-state index in [2.05, 4.69) is 23.3 Å². The number of rotatable bonds is 8. The molecule has 1 saturated heterocycles. The second-order valence-electron chi connectivity index (χ2n) is 7.07. The summed E-state index contributed by atoms with van der Waals surface area (Å²) >= 11 is 10.8. The average Bonchev–Trinajstić information content (AvgIpc) is 3.22. The zero-order valence-electron chi connectivity index (χ0n) is 17.7. The molecule has 2 heterocycles. The van der Waals surface area contributed by atoms with Gasteiger partial charge in [0.15, 0.2) is 5.13 Å². The fourth-order valence-corrected chi connectivity index (χ4v) is 5.75. The van der Waals surface area contributed by atoms with Gasteiger partial charge < -0.3 is 4.74 Å². The van der Waals surface area contributed by atoms with Gasteiger partial charge in [0.2, 0.25) is 5.91 Å². The quantitative estimate of drug-likeness (QED) is 0.356. The molecule has 2 aromatic carbocycles. The number of carbonyl (C=O) groups excluding carboxylic acids is 1. The first-order valence-electron chi connectivity index (χ1n) is 10.1. The van der Waals surface area contributed by atoms with Crippen LogP contribution in [-0.2, 0) is 9.53 Å². The highest BCUT2D eigenvalue weighted by Crippen LogP contribution is 2.32. The van der Waals surface area contributed by atoms with E-state index in [1.807, 2.05) is 35.2 Å². The maximum Gasteiger partial charge on any atom is 0.239 e. The van der Waals surface area contributed by atoms with E-state index in [0.717, 1.165) is 53.1 Å². The van der Waals surface area contributed by atoms with Gasteiger partial charge in [0.25, 0.3) is 0 Å². The molecule has 0 bridgehead atoms. The number of ether oxygens (including phenoxy) is 1. The number of fused-ring (bicyclic) bond motifs is 1. The minimum absolute atomic E-state index is 0. The van der Waals surface area contributed by atoms with Gasteiger partial charge in [0.05, 0.1) is 29.2 Å². The van der Waals surface area contributed by atoms with Crippen LogP contribution in [0.15, 0.2) is 52.3 Å². The third-order valence-corrected chi connectivity index (χ3v) is 8.05. The molecule has 172 valence electrons. The number of amides is 1. The van der Waals surface area contributed by atoms with Gasteiger partial charge in [0, 0.05) is 41.0 Å². The molecule has 10 heteroatoms. The number of morpholine rings is 1. The molecule has 0 unspecified atom stereocenters. The van der Waals surface area contributed by atoms with Crippen molar-refractivity contribution in [3.8, 4) is 0 Å². The third kappa shape index (κ3) is 6.76. The second kappa shape index (κ2) is 12.5. The maximum absolute atomic E-state index is 13.3. The Balaban J connectivity index is 0.00000289. The standard InChI is InChI=1S/C22H24ClN3O2S3.ClH/c1-29-18-6-7-19-20(14-18)31-22(24-19)26(9-8-25-10-12-28-13-11-25)21(27)15-30-17-4-2-16(23)3-5-17;/h2-7,14H,8-13,15H2,1H3;1H. The van der Waals surface area contributed by atoms with E-state index in [9.17, 15) is 4.79 Å². The number of hydrogen-bond donors (Lipinski definition) is 0. The van der Waals surface area contributed by atoms with Crippen LogP contribution in [0.2, 0.25) is 5.02 Å². The number of thioether (sulfide) groups is 2. The van der Waals surface area contributed by atoms with Gasteiger partial charge in [-0.05, 0) is 48.7 Å². The molecule has 0 aliphatic carbocycles. The van der Waals surface area contributed by atoms with Crippen molar-refractivity contribution in [2.45, 2.75) is 9.79 Å². The lowest BCUT2D eigenvalue weighted by Crippen LogP contribution is -2.43. The lowest BCUT2D eigenvalue weighted by molar-refractivity contribution is -0.116. The molecule has 0 radical (unpaired) electrons. The molecule has 3 aromatic rings. The Morgan fingerprint density at radius 2 is 1.91 bits per heavy atom. The number of hydrogen-bond acceptors (Lipinski definition) is 7. The lowest BCUT2D eigenvalue weighted by Gasteiger charge is -2.29. The summed E-state index contributed by atoms with van der Waals surface area (Å²) < 4.78 is 6.56. The van der Waals surface area contributed by atoms with Crippen molar-refractivity contribution < 1.29 is 9.53 Å². The number of benzene rings is 2. The van der Waals surface area contributed by atoms with Crippen molar-refractivity contribution in [2.24, 2.45) is 0 Å². The highest BCUT2D eigenvalue weighted by molar-refractivity contribution is 8.00. The van der Waals surface area contributed by atoms with Gasteiger partial charge in [-0.2, -0.15) is 0 Å². The normalized spacial score (nSPS) is 14.3. The van der Waals surface area contributed by atoms with Crippen LogP contribution in [0.25, 0.3) is 10.2 Å². The van der Waals surface area contributed by atoms with Crippen molar-refractivity contribution in [3.05, 3.63) is 47.5 Å². The summed E-state index contributed by atoms with van der Waals surface area (Å²) in [5.74, 6) is 0.425. The van der Waals surface area contributed by atoms with Crippen molar-refractivity contribution >= 4 is 80.1 Å². The number of anilines is 1.